The minimum absolute atomic E-state index is 0.832. The first kappa shape index (κ1) is 18.9. The van der Waals surface area contributed by atoms with Gasteiger partial charge in [0.2, 0.25) is 0 Å². The Morgan fingerprint density at radius 1 is 0.640 bits per heavy atom. The maximum Gasteiger partial charge on any atom is 0.0340 e. The van der Waals surface area contributed by atoms with Gasteiger partial charge in [-0.25, -0.2) is 0 Å². The monoisotopic (exact) mass is 328 g/mol. The molecule has 0 saturated heterocycles. The molecule has 0 aliphatic heterocycles. The van der Waals surface area contributed by atoms with Crippen LogP contribution in [0.15, 0.2) is 48.5 Å². The van der Waals surface area contributed by atoms with Gasteiger partial charge < -0.3 is 0 Å². The molecule has 0 amide bonds. The Morgan fingerprint density at radius 3 is 1.80 bits per heavy atom. The lowest BCUT2D eigenvalue weighted by atomic mass is 10.1. The van der Waals surface area contributed by atoms with Gasteiger partial charge in [-0.3, -0.25) is 0 Å². The van der Waals surface area contributed by atoms with Crippen molar-refractivity contribution >= 4 is 0 Å². The molecule has 0 atom stereocenters. The molecule has 0 heterocycles. The molecule has 0 heteroatoms. The van der Waals surface area contributed by atoms with Crippen molar-refractivity contribution in [3.8, 4) is 23.7 Å². The Bertz CT molecular complexity index is 740. The molecule has 0 N–H and O–H groups in total. The van der Waals surface area contributed by atoms with Crippen molar-refractivity contribution in [1.82, 2.24) is 0 Å². The average Bonchev–Trinajstić information content (AvgIpc) is 2.65. The van der Waals surface area contributed by atoms with Crippen molar-refractivity contribution in [2.24, 2.45) is 0 Å². The number of hydrogen-bond acceptors (Lipinski definition) is 0. The van der Waals surface area contributed by atoms with Crippen molar-refractivity contribution in [1.29, 1.82) is 0 Å². The predicted octanol–water partition coefficient (Wildman–Crippen LogP) is 6.17. The summed E-state index contributed by atoms with van der Waals surface area (Å²) in [4.78, 5) is 0. The van der Waals surface area contributed by atoms with E-state index in [9.17, 15) is 0 Å². The van der Waals surface area contributed by atoms with Crippen molar-refractivity contribution < 1.29 is 0 Å². The number of rotatable bonds is 6. The first-order valence-electron chi connectivity index (χ1n) is 9.47. The van der Waals surface area contributed by atoms with Crippen LogP contribution in [0.25, 0.3) is 0 Å². The molecule has 2 aromatic carbocycles. The normalized spacial score (nSPS) is 9.68. The van der Waals surface area contributed by atoms with E-state index in [0.717, 1.165) is 30.4 Å². The molecule has 0 aliphatic carbocycles. The topological polar surface area (TPSA) is 0 Å². The zero-order valence-electron chi connectivity index (χ0n) is 15.6. The molecule has 0 radical (unpaired) electrons. The van der Waals surface area contributed by atoms with Gasteiger partial charge in [-0.05, 0) is 48.2 Å². The first-order valence-corrected chi connectivity index (χ1v) is 9.47. The van der Waals surface area contributed by atoms with E-state index in [4.69, 9.17) is 0 Å². The molecule has 0 unspecified atom stereocenters. The van der Waals surface area contributed by atoms with Crippen LogP contribution in [0.1, 0.15) is 68.2 Å². The lowest BCUT2D eigenvalue weighted by molar-refractivity contribution is 0.737. The minimum atomic E-state index is 0.832. The van der Waals surface area contributed by atoms with Gasteiger partial charge >= 0.3 is 0 Å². The Labute approximate surface area is 153 Å². The summed E-state index contributed by atoms with van der Waals surface area (Å²) in [5.41, 5.74) is 4.77. The van der Waals surface area contributed by atoms with Crippen LogP contribution in [0.2, 0.25) is 0 Å². The van der Waals surface area contributed by atoms with E-state index in [1.165, 1.54) is 36.8 Å². The molecular weight excluding hydrogens is 300 g/mol. The van der Waals surface area contributed by atoms with Gasteiger partial charge in [-0.15, -0.1) is 5.92 Å². The Morgan fingerprint density at radius 2 is 1.24 bits per heavy atom. The summed E-state index contributed by atoms with van der Waals surface area (Å²) in [6.45, 7) is 4.43. The molecule has 0 aromatic heterocycles. The van der Waals surface area contributed by atoms with Crippen LogP contribution >= 0.6 is 0 Å². The zero-order valence-corrected chi connectivity index (χ0v) is 15.6. The molecule has 0 nitrogen and oxygen atoms in total. The highest BCUT2D eigenvalue weighted by Gasteiger charge is 1.93. The fourth-order valence-corrected chi connectivity index (χ4v) is 2.61. The molecule has 0 spiro atoms. The number of benzene rings is 2. The van der Waals surface area contributed by atoms with Crippen LogP contribution in [-0.4, -0.2) is 0 Å². The lowest BCUT2D eigenvalue weighted by Gasteiger charge is -1.98. The van der Waals surface area contributed by atoms with E-state index in [2.05, 4.69) is 86.1 Å². The maximum absolute atomic E-state index is 3.27. The summed E-state index contributed by atoms with van der Waals surface area (Å²) < 4.78 is 0. The molecule has 2 aromatic rings. The van der Waals surface area contributed by atoms with E-state index >= 15 is 0 Å². The fraction of sp³-hybridized carbons (Fsp3) is 0.360. The lowest BCUT2D eigenvalue weighted by Crippen LogP contribution is -1.84. The van der Waals surface area contributed by atoms with Crippen molar-refractivity contribution in [2.45, 2.75) is 58.8 Å². The van der Waals surface area contributed by atoms with Crippen LogP contribution in [-0.2, 0) is 12.8 Å². The third-order valence-corrected chi connectivity index (χ3v) is 4.12. The SMILES string of the molecule is CCCCCC#CCc1ccc(C#Cc2ccc(CCC)cc2)cc1. The van der Waals surface area contributed by atoms with Gasteiger partial charge in [0.25, 0.3) is 0 Å². The van der Waals surface area contributed by atoms with E-state index in [1.54, 1.807) is 0 Å². The van der Waals surface area contributed by atoms with Crippen LogP contribution in [0, 0.1) is 23.7 Å². The molecule has 128 valence electrons. The fourth-order valence-electron chi connectivity index (χ4n) is 2.61. The summed E-state index contributed by atoms with van der Waals surface area (Å²) in [6, 6.07) is 17.0. The van der Waals surface area contributed by atoms with Gasteiger partial charge in [-0.1, -0.05) is 75.1 Å². The highest BCUT2D eigenvalue weighted by molar-refractivity contribution is 5.44. The Balaban J connectivity index is 1.88. The third-order valence-electron chi connectivity index (χ3n) is 4.12. The summed E-state index contributed by atoms with van der Waals surface area (Å²) >= 11 is 0. The van der Waals surface area contributed by atoms with Gasteiger partial charge in [0.15, 0.2) is 0 Å². The molecule has 0 fully saturated rings. The maximum atomic E-state index is 3.27. The smallest absolute Gasteiger partial charge is 0.0340 e. The van der Waals surface area contributed by atoms with E-state index in [-0.39, 0.29) is 0 Å². The van der Waals surface area contributed by atoms with Crippen molar-refractivity contribution in [3.63, 3.8) is 0 Å². The van der Waals surface area contributed by atoms with E-state index < -0.39 is 0 Å². The van der Waals surface area contributed by atoms with Gasteiger partial charge in [0.05, 0.1) is 0 Å². The molecule has 0 aliphatic rings. The van der Waals surface area contributed by atoms with Crippen molar-refractivity contribution in [3.05, 3.63) is 70.8 Å². The minimum Gasteiger partial charge on any atom is -0.103 e. The van der Waals surface area contributed by atoms with Crippen LogP contribution < -0.4 is 0 Å². The highest BCUT2D eigenvalue weighted by atomic mass is 14.0. The molecule has 2 rings (SSSR count). The second-order valence-electron chi connectivity index (χ2n) is 6.38. The molecular formula is C25H28. The number of hydrogen-bond donors (Lipinski definition) is 0. The van der Waals surface area contributed by atoms with Gasteiger partial charge in [0.1, 0.15) is 0 Å². The van der Waals surface area contributed by atoms with Crippen molar-refractivity contribution in [2.75, 3.05) is 0 Å². The summed E-state index contributed by atoms with van der Waals surface area (Å²) in [7, 11) is 0. The number of unbranched alkanes of at least 4 members (excludes halogenated alkanes) is 3. The third kappa shape index (κ3) is 7.32. The second-order valence-corrected chi connectivity index (χ2v) is 6.38. The molecule has 0 saturated carbocycles. The van der Waals surface area contributed by atoms with Gasteiger partial charge in [0, 0.05) is 24.0 Å². The molecule has 25 heavy (non-hydrogen) atoms. The van der Waals surface area contributed by atoms with Crippen LogP contribution in [0.3, 0.4) is 0 Å². The highest BCUT2D eigenvalue weighted by Crippen LogP contribution is 2.07. The zero-order chi connectivity index (χ0) is 17.7. The predicted molar refractivity (Wildman–Crippen MR) is 108 cm³/mol. The summed E-state index contributed by atoms with van der Waals surface area (Å²) in [5, 5.41) is 0. The average molecular weight is 328 g/mol. The largest absolute Gasteiger partial charge is 0.103 e. The van der Waals surface area contributed by atoms with Crippen LogP contribution in [0.5, 0.6) is 0 Å². The van der Waals surface area contributed by atoms with E-state index in [0.29, 0.717) is 0 Å². The summed E-state index contributed by atoms with van der Waals surface area (Å²) in [6.07, 6.45) is 7.93. The van der Waals surface area contributed by atoms with E-state index in [1.807, 2.05) is 0 Å². The van der Waals surface area contributed by atoms with Crippen LogP contribution in [0.4, 0.5) is 0 Å². The van der Waals surface area contributed by atoms with Gasteiger partial charge in [-0.2, -0.15) is 0 Å². The quantitative estimate of drug-likeness (QED) is 0.440. The Kier molecular flexibility index (Phi) is 8.44. The molecule has 0 bridgehead atoms. The second kappa shape index (κ2) is 11.2. The summed E-state index contributed by atoms with van der Waals surface area (Å²) in [5.74, 6) is 13.0. The standard InChI is InChI=1S/C25H28/c1-3-5-6-7-8-9-11-23-14-18-25(19-15-23)21-20-24-16-12-22(10-4-2)13-17-24/h12-19H,3-7,10-11H2,1-2H3. The first-order chi connectivity index (χ1) is 12.3. The number of aryl methyl sites for hydroxylation is 1. The Hall–Kier alpha value is -2.44.